The molecule has 0 fully saturated rings. The minimum atomic E-state index is -1.00. The maximum Gasteiger partial charge on any atom is 0.262 e. The van der Waals surface area contributed by atoms with Crippen molar-refractivity contribution in [3.8, 4) is 5.75 Å². The Morgan fingerprint density at radius 2 is 2.37 bits per heavy atom. The SMILES string of the molecule is CC(O)C(=O)NCCc1ccc2c(c1)NC(=O)CO2. The summed E-state index contributed by atoms with van der Waals surface area (Å²) in [6.07, 6.45) is -0.391. The van der Waals surface area contributed by atoms with Crippen molar-refractivity contribution in [2.75, 3.05) is 18.5 Å². The number of anilines is 1. The molecule has 0 aliphatic carbocycles. The minimum absolute atomic E-state index is 0.0385. The molecule has 0 radical (unpaired) electrons. The van der Waals surface area contributed by atoms with E-state index in [1.54, 1.807) is 6.07 Å². The van der Waals surface area contributed by atoms with Crippen molar-refractivity contribution >= 4 is 17.5 Å². The number of fused-ring (bicyclic) bond motifs is 1. The number of hydrogen-bond acceptors (Lipinski definition) is 4. The highest BCUT2D eigenvalue weighted by atomic mass is 16.5. The number of carbonyl (C=O) groups is 2. The van der Waals surface area contributed by atoms with Crippen LogP contribution in [0.1, 0.15) is 12.5 Å². The molecule has 0 aromatic heterocycles. The fourth-order valence-corrected chi connectivity index (χ4v) is 1.76. The highest BCUT2D eigenvalue weighted by Gasteiger charge is 2.15. The van der Waals surface area contributed by atoms with Gasteiger partial charge in [-0.15, -0.1) is 0 Å². The Labute approximate surface area is 110 Å². The summed E-state index contributed by atoms with van der Waals surface area (Å²) < 4.78 is 5.25. The van der Waals surface area contributed by atoms with Gasteiger partial charge in [0.15, 0.2) is 6.61 Å². The Kier molecular flexibility index (Phi) is 4.01. The smallest absolute Gasteiger partial charge is 0.262 e. The van der Waals surface area contributed by atoms with Gasteiger partial charge in [0.25, 0.3) is 5.91 Å². The highest BCUT2D eigenvalue weighted by molar-refractivity contribution is 5.95. The van der Waals surface area contributed by atoms with E-state index in [9.17, 15) is 9.59 Å². The number of nitrogens with one attached hydrogen (secondary N) is 2. The van der Waals surface area contributed by atoms with Gasteiger partial charge < -0.3 is 20.5 Å². The van der Waals surface area contributed by atoms with E-state index >= 15 is 0 Å². The van der Waals surface area contributed by atoms with Gasteiger partial charge in [0.1, 0.15) is 11.9 Å². The Bertz CT molecular complexity index is 499. The van der Waals surface area contributed by atoms with E-state index in [-0.39, 0.29) is 12.5 Å². The maximum absolute atomic E-state index is 11.2. The average molecular weight is 264 g/mol. The molecular weight excluding hydrogens is 248 g/mol. The molecule has 1 atom stereocenters. The molecule has 1 heterocycles. The second-order valence-corrected chi connectivity index (χ2v) is 4.38. The monoisotopic (exact) mass is 264 g/mol. The van der Waals surface area contributed by atoms with Crippen LogP contribution in [0.15, 0.2) is 18.2 Å². The zero-order valence-electron chi connectivity index (χ0n) is 10.6. The van der Waals surface area contributed by atoms with Crippen LogP contribution in [-0.4, -0.2) is 36.2 Å². The van der Waals surface area contributed by atoms with Gasteiger partial charge in [0, 0.05) is 6.54 Å². The lowest BCUT2D eigenvalue weighted by atomic mass is 10.1. The van der Waals surface area contributed by atoms with Crippen molar-refractivity contribution < 1.29 is 19.4 Å². The van der Waals surface area contributed by atoms with Crippen molar-refractivity contribution in [3.05, 3.63) is 23.8 Å². The first kappa shape index (κ1) is 13.4. The van der Waals surface area contributed by atoms with Crippen molar-refractivity contribution in [2.45, 2.75) is 19.4 Å². The number of aliphatic hydroxyl groups excluding tert-OH is 1. The van der Waals surface area contributed by atoms with Crippen LogP contribution < -0.4 is 15.4 Å². The maximum atomic E-state index is 11.2. The predicted octanol–water partition coefficient (Wildman–Crippen LogP) is 0.0570. The number of benzene rings is 1. The second-order valence-electron chi connectivity index (χ2n) is 4.38. The average Bonchev–Trinajstić information content (AvgIpc) is 2.38. The van der Waals surface area contributed by atoms with E-state index in [0.29, 0.717) is 24.4 Å². The molecule has 2 rings (SSSR count). The molecule has 1 aromatic rings. The molecule has 1 aromatic carbocycles. The topological polar surface area (TPSA) is 87.7 Å². The molecule has 6 heteroatoms. The summed E-state index contributed by atoms with van der Waals surface area (Å²) in [5.74, 6) is 0.0815. The lowest BCUT2D eigenvalue weighted by molar-refractivity contribution is -0.128. The molecule has 1 unspecified atom stereocenters. The molecule has 6 nitrogen and oxygen atoms in total. The number of amides is 2. The molecule has 0 saturated heterocycles. The van der Waals surface area contributed by atoms with Crippen LogP contribution in [-0.2, 0) is 16.0 Å². The first-order valence-electron chi connectivity index (χ1n) is 6.07. The molecule has 102 valence electrons. The summed E-state index contributed by atoms with van der Waals surface area (Å²) >= 11 is 0. The number of rotatable bonds is 4. The van der Waals surface area contributed by atoms with E-state index in [1.165, 1.54) is 6.92 Å². The summed E-state index contributed by atoms with van der Waals surface area (Å²) in [5, 5.41) is 14.4. The third-order valence-corrected chi connectivity index (χ3v) is 2.77. The van der Waals surface area contributed by atoms with E-state index in [2.05, 4.69) is 10.6 Å². The standard InChI is InChI=1S/C13H16N2O4/c1-8(16)13(18)14-5-4-9-2-3-11-10(6-9)15-12(17)7-19-11/h2-3,6,8,16H,4-5,7H2,1H3,(H,14,18)(H,15,17). The number of ether oxygens (including phenoxy) is 1. The van der Waals surface area contributed by atoms with Crippen molar-refractivity contribution in [2.24, 2.45) is 0 Å². The lowest BCUT2D eigenvalue weighted by Crippen LogP contribution is -2.33. The minimum Gasteiger partial charge on any atom is -0.482 e. The number of aliphatic hydroxyl groups is 1. The number of hydrogen-bond donors (Lipinski definition) is 3. The van der Waals surface area contributed by atoms with Crippen LogP contribution in [0.5, 0.6) is 5.75 Å². The largest absolute Gasteiger partial charge is 0.482 e. The third kappa shape index (κ3) is 3.45. The van der Waals surface area contributed by atoms with E-state index < -0.39 is 12.0 Å². The Hall–Kier alpha value is -2.08. The summed E-state index contributed by atoms with van der Waals surface area (Å²) in [7, 11) is 0. The van der Waals surface area contributed by atoms with Crippen LogP contribution in [0.3, 0.4) is 0 Å². The van der Waals surface area contributed by atoms with Gasteiger partial charge in [0.2, 0.25) is 5.91 Å². The summed E-state index contributed by atoms with van der Waals surface area (Å²) in [4.78, 5) is 22.4. The van der Waals surface area contributed by atoms with Crippen LogP contribution in [0.2, 0.25) is 0 Å². The Balaban J connectivity index is 1.93. The van der Waals surface area contributed by atoms with E-state index in [4.69, 9.17) is 9.84 Å². The first-order chi connectivity index (χ1) is 9.06. The van der Waals surface area contributed by atoms with E-state index in [0.717, 1.165) is 5.56 Å². The lowest BCUT2D eigenvalue weighted by Gasteiger charge is -2.18. The summed E-state index contributed by atoms with van der Waals surface area (Å²) in [5.41, 5.74) is 1.62. The zero-order valence-corrected chi connectivity index (χ0v) is 10.6. The summed E-state index contributed by atoms with van der Waals surface area (Å²) in [6, 6.07) is 5.49. The van der Waals surface area contributed by atoms with Crippen LogP contribution >= 0.6 is 0 Å². The van der Waals surface area contributed by atoms with Crippen molar-refractivity contribution in [1.29, 1.82) is 0 Å². The van der Waals surface area contributed by atoms with Gasteiger partial charge in [-0.2, -0.15) is 0 Å². The molecule has 1 aliphatic rings. The molecule has 19 heavy (non-hydrogen) atoms. The third-order valence-electron chi connectivity index (χ3n) is 2.77. The van der Waals surface area contributed by atoms with Gasteiger partial charge in [-0.1, -0.05) is 6.07 Å². The zero-order chi connectivity index (χ0) is 13.8. The molecule has 0 saturated carbocycles. The van der Waals surface area contributed by atoms with Crippen molar-refractivity contribution in [3.63, 3.8) is 0 Å². The fraction of sp³-hybridized carbons (Fsp3) is 0.385. The summed E-state index contributed by atoms with van der Waals surface area (Å²) in [6.45, 7) is 1.88. The van der Waals surface area contributed by atoms with Crippen LogP contribution in [0, 0.1) is 0 Å². The highest BCUT2D eigenvalue weighted by Crippen LogP contribution is 2.28. The first-order valence-corrected chi connectivity index (χ1v) is 6.07. The van der Waals surface area contributed by atoms with E-state index in [1.807, 2.05) is 12.1 Å². The molecule has 0 bridgehead atoms. The van der Waals surface area contributed by atoms with Gasteiger partial charge in [0.05, 0.1) is 5.69 Å². The fourth-order valence-electron chi connectivity index (χ4n) is 1.76. The normalized spacial score (nSPS) is 14.9. The van der Waals surface area contributed by atoms with Gasteiger partial charge in [-0.05, 0) is 31.0 Å². The van der Waals surface area contributed by atoms with Crippen molar-refractivity contribution in [1.82, 2.24) is 5.32 Å². The molecule has 2 amide bonds. The molecule has 3 N–H and O–H groups in total. The molecule has 1 aliphatic heterocycles. The quantitative estimate of drug-likeness (QED) is 0.717. The predicted molar refractivity (Wildman–Crippen MR) is 69.0 cm³/mol. The Morgan fingerprint density at radius 3 is 3.11 bits per heavy atom. The second kappa shape index (κ2) is 5.71. The van der Waals surface area contributed by atoms with Gasteiger partial charge in [-0.3, -0.25) is 9.59 Å². The molecular formula is C13H16N2O4. The van der Waals surface area contributed by atoms with Gasteiger partial charge in [-0.25, -0.2) is 0 Å². The van der Waals surface area contributed by atoms with Crippen LogP contribution in [0.4, 0.5) is 5.69 Å². The molecule has 0 spiro atoms. The number of carbonyl (C=O) groups excluding carboxylic acids is 2. The van der Waals surface area contributed by atoms with Gasteiger partial charge >= 0.3 is 0 Å². The Morgan fingerprint density at radius 1 is 1.58 bits per heavy atom. The van der Waals surface area contributed by atoms with Crippen LogP contribution in [0.25, 0.3) is 0 Å².